The number of benzene rings is 2. The van der Waals surface area contributed by atoms with Crippen molar-refractivity contribution in [1.29, 1.82) is 0 Å². The van der Waals surface area contributed by atoms with E-state index < -0.39 is 11.6 Å². The average Bonchev–Trinajstić information content (AvgIpc) is 3.21. The average molecular weight is 520 g/mol. The zero-order valence-electron chi connectivity index (χ0n) is 21.8. The molecular formula is C29H33N3O4S. The first-order valence-corrected chi connectivity index (χ1v) is 13.6. The lowest BCUT2D eigenvalue weighted by Crippen LogP contribution is -2.36. The predicted molar refractivity (Wildman–Crippen MR) is 149 cm³/mol. The van der Waals surface area contributed by atoms with Crippen molar-refractivity contribution in [3.8, 4) is 16.9 Å². The van der Waals surface area contributed by atoms with Gasteiger partial charge in [-0.2, -0.15) is 0 Å². The second kappa shape index (κ2) is 9.91. The summed E-state index contributed by atoms with van der Waals surface area (Å²) in [5.74, 6) is 0.0116. The molecule has 2 N–H and O–H groups in total. The maximum atomic E-state index is 11.8. The van der Waals surface area contributed by atoms with Crippen LogP contribution in [0, 0.1) is 6.92 Å². The van der Waals surface area contributed by atoms with Crippen molar-refractivity contribution in [1.82, 2.24) is 9.97 Å². The number of aromatic nitrogens is 2. The van der Waals surface area contributed by atoms with Crippen molar-refractivity contribution in [2.24, 2.45) is 0 Å². The molecule has 2 aliphatic heterocycles. The van der Waals surface area contributed by atoms with Gasteiger partial charge in [-0.05, 0) is 74.6 Å². The van der Waals surface area contributed by atoms with Crippen LogP contribution in [-0.2, 0) is 17.6 Å². The van der Waals surface area contributed by atoms with E-state index in [1.807, 2.05) is 38.2 Å². The largest absolute Gasteiger partial charge is 0.493 e. The second-order valence-corrected chi connectivity index (χ2v) is 11.3. The number of carboxylic acid groups (broad SMARTS) is 1. The number of anilines is 1. The number of thiazole rings is 1. The molecule has 37 heavy (non-hydrogen) atoms. The Morgan fingerprint density at radius 1 is 1.24 bits per heavy atom. The summed E-state index contributed by atoms with van der Waals surface area (Å²) in [6.45, 7) is 10.2. The molecule has 6 rings (SSSR count). The third kappa shape index (κ3) is 5.00. The molecule has 2 aliphatic rings. The molecule has 4 aromatic rings. The monoisotopic (exact) mass is 519 g/mol. The molecule has 0 unspecified atom stereocenters. The Morgan fingerprint density at radius 2 is 2.00 bits per heavy atom. The molecule has 1 saturated heterocycles. The SMILES string of the molecule is CCC(C)(C)O.Cc1cc2nc(N3CCC3)sc2c(-c2ccc3c4c(ccnc24)CCO3)c1CC(=O)O. The van der Waals surface area contributed by atoms with E-state index in [9.17, 15) is 9.90 Å². The number of hydrogen-bond acceptors (Lipinski definition) is 7. The number of pyridine rings is 1. The normalized spacial score (nSPS) is 14.7. The van der Waals surface area contributed by atoms with Crippen LogP contribution in [-0.4, -0.2) is 51.4 Å². The van der Waals surface area contributed by atoms with E-state index in [1.54, 1.807) is 25.2 Å². The summed E-state index contributed by atoms with van der Waals surface area (Å²) in [5.41, 5.74) is 6.23. The molecule has 0 bridgehead atoms. The van der Waals surface area contributed by atoms with Gasteiger partial charge in [-0.15, -0.1) is 0 Å². The number of aliphatic carboxylic acids is 1. The summed E-state index contributed by atoms with van der Waals surface area (Å²) in [4.78, 5) is 23.7. The Balaban J connectivity index is 0.000000421. The highest BCUT2D eigenvalue weighted by Gasteiger charge is 2.25. The maximum absolute atomic E-state index is 11.8. The molecule has 0 saturated carbocycles. The first kappa shape index (κ1) is 25.4. The quantitative estimate of drug-likeness (QED) is 0.346. The zero-order valence-corrected chi connectivity index (χ0v) is 22.6. The fourth-order valence-electron chi connectivity index (χ4n) is 4.63. The minimum absolute atomic E-state index is 0.0342. The molecule has 0 aliphatic carbocycles. The Morgan fingerprint density at radius 3 is 2.65 bits per heavy atom. The number of ether oxygens (including phenoxy) is 1. The van der Waals surface area contributed by atoms with Gasteiger partial charge in [0.2, 0.25) is 0 Å². The molecule has 0 amide bonds. The molecular weight excluding hydrogens is 486 g/mol. The van der Waals surface area contributed by atoms with Gasteiger partial charge in [0.1, 0.15) is 5.75 Å². The third-order valence-electron chi connectivity index (χ3n) is 7.16. The van der Waals surface area contributed by atoms with E-state index in [1.165, 1.54) is 12.0 Å². The topological polar surface area (TPSA) is 95.8 Å². The molecule has 8 heteroatoms. The molecule has 7 nitrogen and oxygen atoms in total. The zero-order chi connectivity index (χ0) is 26.3. The lowest BCUT2D eigenvalue weighted by atomic mass is 9.90. The van der Waals surface area contributed by atoms with Crippen molar-refractivity contribution in [3.05, 3.63) is 47.2 Å². The van der Waals surface area contributed by atoms with Gasteiger partial charge < -0.3 is 19.8 Å². The lowest BCUT2D eigenvalue weighted by molar-refractivity contribution is -0.136. The van der Waals surface area contributed by atoms with Gasteiger partial charge in [-0.1, -0.05) is 18.3 Å². The highest BCUT2D eigenvalue weighted by molar-refractivity contribution is 7.22. The van der Waals surface area contributed by atoms with E-state index in [2.05, 4.69) is 11.0 Å². The number of fused-ring (bicyclic) bond motifs is 1. The standard InChI is InChI=1S/C24H21N3O3S.C5H12O/c1-13-11-17-23(31-24(26-17)27-8-2-9-27)21(16(13)12-19(28)29)15-3-4-18-20-14(6-10-30-18)5-7-25-22(15)20;1-4-5(2,3)6/h3-5,7,11H,2,6,8-10,12H2,1H3,(H,28,29);6H,4H2,1-3H3. The number of carbonyl (C=O) groups is 1. The summed E-state index contributed by atoms with van der Waals surface area (Å²) in [7, 11) is 0. The Hall–Kier alpha value is -3.23. The molecule has 2 aromatic heterocycles. The highest BCUT2D eigenvalue weighted by atomic mass is 32.1. The molecule has 0 spiro atoms. The van der Waals surface area contributed by atoms with Crippen LogP contribution < -0.4 is 9.64 Å². The molecule has 194 valence electrons. The summed E-state index contributed by atoms with van der Waals surface area (Å²) in [5, 5.41) is 20.5. The summed E-state index contributed by atoms with van der Waals surface area (Å²) in [6, 6.07) is 8.11. The highest BCUT2D eigenvalue weighted by Crippen LogP contribution is 2.45. The number of aliphatic hydroxyl groups is 1. The van der Waals surface area contributed by atoms with Crippen molar-refractivity contribution >= 4 is 43.6 Å². The van der Waals surface area contributed by atoms with Crippen LogP contribution in [0.4, 0.5) is 5.13 Å². The summed E-state index contributed by atoms with van der Waals surface area (Å²) in [6.07, 6.45) is 4.67. The van der Waals surface area contributed by atoms with Crippen LogP contribution in [0.1, 0.15) is 50.3 Å². The van der Waals surface area contributed by atoms with E-state index in [4.69, 9.17) is 19.8 Å². The second-order valence-electron chi connectivity index (χ2n) is 10.4. The predicted octanol–water partition coefficient (Wildman–Crippen LogP) is 5.76. The van der Waals surface area contributed by atoms with Crippen molar-refractivity contribution in [2.75, 3.05) is 24.6 Å². The van der Waals surface area contributed by atoms with Crippen molar-refractivity contribution < 1.29 is 19.7 Å². The van der Waals surface area contributed by atoms with Gasteiger partial charge in [-0.3, -0.25) is 9.78 Å². The van der Waals surface area contributed by atoms with Crippen molar-refractivity contribution in [3.63, 3.8) is 0 Å². The molecule has 0 radical (unpaired) electrons. The summed E-state index contributed by atoms with van der Waals surface area (Å²) >= 11 is 1.65. The van der Waals surface area contributed by atoms with Crippen LogP contribution >= 0.6 is 11.3 Å². The Bertz CT molecular complexity index is 1470. The number of aryl methyl sites for hydroxylation is 1. The van der Waals surface area contributed by atoms with Gasteiger partial charge >= 0.3 is 5.97 Å². The van der Waals surface area contributed by atoms with E-state index >= 15 is 0 Å². The Kier molecular flexibility index (Phi) is 6.81. The first-order valence-electron chi connectivity index (χ1n) is 12.8. The minimum atomic E-state index is -0.838. The van der Waals surface area contributed by atoms with Crippen LogP contribution in [0.5, 0.6) is 5.75 Å². The molecule has 1 fully saturated rings. The minimum Gasteiger partial charge on any atom is -0.493 e. The van der Waals surface area contributed by atoms with Crippen LogP contribution in [0.25, 0.3) is 32.2 Å². The van der Waals surface area contributed by atoms with E-state index in [0.717, 1.165) is 80.2 Å². The molecule has 4 heterocycles. The first-order chi connectivity index (χ1) is 17.7. The summed E-state index contributed by atoms with van der Waals surface area (Å²) < 4.78 is 6.93. The number of hydrogen-bond donors (Lipinski definition) is 2. The fourth-order valence-corrected chi connectivity index (χ4v) is 5.82. The molecule has 2 aromatic carbocycles. The molecule has 0 atom stereocenters. The van der Waals surface area contributed by atoms with Gasteiger partial charge in [0.05, 0.1) is 34.4 Å². The van der Waals surface area contributed by atoms with Gasteiger partial charge in [0.25, 0.3) is 0 Å². The van der Waals surface area contributed by atoms with Gasteiger partial charge in [-0.25, -0.2) is 4.98 Å². The van der Waals surface area contributed by atoms with Gasteiger partial charge in [0.15, 0.2) is 5.13 Å². The van der Waals surface area contributed by atoms with Crippen LogP contribution in [0.2, 0.25) is 0 Å². The number of carboxylic acids is 1. The van der Waals surface area contributed by atoms with Crippen LogP contribution in [0.15, 0.2) is 30.5 Å². The smallest absolute Gasteiger partial charge is 0.307 e. The maximum Gasteiger partial charge on any atom is 0.307 e. The fraction of sp³-hybridized carbons (Fsp3) is 0.414. The van der Waals surface area contributed by atoms with Gasteiger partial charge in [0, 0.05) is 42.2 Å². The Labute approximate surface area is 220 Å². The van der Waals surface area contributed by atoms with Crippen LogP contribution in [0.3, 0.4) is 0 Å². The van der Waals surface area contributed by atoms with E-state index in [-0.39, 0.29) is 6.42 Å². The number of rotatable bonds is 5. The van der Waals surface area contributed by atoms with E-state index in [0.29, 0.717) is 6.61 Å². The van der Waals surface area contributed by atoms with Crippen molar-refractivity contribution in [2.45, 2.75) is 59.0 Å². The number of nitrogens with zero attached hydrogens (tertiary/aromatic N) is 3. The third-order valence-corrected chi connectivity index (χ3v) is 8.31. The lowest BCUT2D eigenvalue weighted by Gasteiger charge is -2.30.